The molecule has 17 heavy (non-hydrogen) atoms. The van der Waals surface area contributed by atoms with Crippen molar-refractivity contribution in [3.8, 4) is 0 Å². The van der Waals surface area contributed by atoms with Gasteiger partial charge in [0, 0.05) is 18.0 Å². The first-order valence-electron chi connectivity index (χ1n) is 4.87. The van der Waals surface area contributed by atoms with Crippen LogP contribution in [0.15, 0.2) is 30.7 Å². The molecule has 0 fully saturated rings. The van der Waals surface area contributed by atoms with Crippen LogP contribution in [0.2, 0.25) is 0 Å². The number of halogens is 2. The number of nitrogens with one attached hydrogen (secondary N) is 2. The van der Waals surface area contributed by atoms with Gasteiger partial charge in [0.15, 0.2) is 0 Å². The van der Waals surface area contributed by atoms with Gasteiger partial charge in [-0.2, -0.15) is 0 Å². The molecule has 0 saturated carbocycles. The number of imidazole rings is 1. The summed E-state index contributed by atoms with van der Waals surface area (Å²) >= 11 is 0. The maximum absolute atomic E-state index is 13.2. The van der Waals surface area contributed by atoms with Gasteiger partial charge >= 0.3 is 0 Å². The fourth-order valence-corrected chi connectivity index (χ4v) is 1.34. The Balaban J connectivity index is 2.03. The van der Waals surface area contributed by atoms with E-state index in [2.05, 4.69) is 15.3 Å². The van der Waals surface area contributed by atoms with Gasteiger partial charge in [0.05, 0.1) is 18.4 Å². The van der Waals surface area contributed by atoms with Crippen LogP contribution in [-0.2, 0) is 11.2 Å². The van der Waals surface area contributed by atoms with E-state index in [1.54, 1.807) is 0 Å². The molecule has 0 aliphatic rings. The molecule has 0 unspecified atom stereocenters. The predicted molar refractivity (Wildman–Crippen MR) is 57.3 cm³/mol. The SMILES string of the molecule is O=C(Cc1cnc[nH]1)Nc1ccc(F)cc1F. The summed E-state index contributed by atoms with van der Waals surface area (Å²) in [4.78, 5) is 18.0. The second kappa shape index (κ2) is 4.73. The zero-order valence-electron chi connectivity index (χ0n) is 8.71. The van der Waals surface area contributed by atoms with Gasteiger partial charge in [-0.05, 0) is 12.1 Å². The Labute approximate surface area is 95.7 Å². The molecule has 2 rings (SSSR count). The lowest BCUT2D eigenvalue weighted by atomic mass is 10.2. The molecule has 6 heteroatoms. The quantitative estimate of drug-likeness (QED) is 0.856. The van der Waals surface area contributed by atoms with Gasteiger partial charge in [0.1, 0.15) is 11.6 Å². The van der Waals surface area contributed by atoms with Crippen LogP contribution in [0, 0.1) is 11.6 Å². The Kier molecular flexibility index (Phi) is 3.13. The van der Waals surface area contributed by atoms with E-state index >= 15 is 0 Å². The third-order valence-electron chi connectivity index (χ3n) is 2.11. The highest BCUT2D eigenvalue weighted by Gasteiger charge is 2.09. The van der Waals surface area contributed by atoms with Gasteiger partial charge < -0.3 is 10.3 Å². The minimum atomic E-state index is -0.803. The maximum atomic E-state index is 13.2. The molecule has 0 radical (unpaired) electrons. The summed E-state index contributed by atoms with van der Waals surface area (Å²) in [5.41, 5.74) is 0.570. The summed E-state index contributed by atoms with van der Waals surface area (Å²) < 4.78 is 25.8. The smallest absolute Gasteiger partial charge is 0.230 e. The Morgan fingerprint density at radius 3 is 2.88 bits per heavy atom. The average Bonchev–Trinajstić information content (AvgIpc) is 2.75. The van der Waals surface area contributed by atoms with Gasteiger partial charge in [-0.15, -0.1) is 0 Å². The molecule has 1 aromatic carbocycles. The van der Waals surface area contributed by atoms with Crippen LogP contribution < -0.4 is 5.32 Å². The van der Waals surface area contributed by atoms with Crippen LogP contribution >= 0.6 is 0 Å². The second-order valence-electron chi connectivity index (χ2n) is 3.43. The summed E-state index contributed by atoms with van der Waals surface area (Å²) in [7, 11) is 0. The molecule has 1 heterocycles. The highest BCUT2D eigenvalue weighted by Crippen LogP contribution is 2.15. The minimum absolute atomic E-state index is 0.0454. The topological polar surface area (TPSA) is 57.8 Å². The highest BCUT2D eigenvalue weighted by molar-refractivity contribution is 5.92. The zero-order chi connectivity index (χ0) is 12.3. The molecule has 4 nitrogen and oxygen atoms in total. The molecular weight excluding hydrogens is 228 g/mol. The number of nitrogens with zero attached hydrogens (tertiary/aromatic N) is 1. The Bertz CT molecular complexity index is 526. The van der Waals surface area contributed by atoms with Crippen molar-refractivity contribution in [3.05, 3.63) is 48.1 Å². The standard InChI is InChI=1S/C11H9F2N3O/c12-7-1-2-10(9(13)3-7)16-11(17)4-8-5-14-6-15-8/h1-3,5-6H,4H2,(H,14,15)(H,16,17). The number of benzene rings is 1. The Hall–Kier alpha value is -2.24. The van der Waals surface area contributed by atoms with E-state index in [0.717, 1.165) is 6.07 Å². The lowest BCUT2D eigenvalue weighted by Gasteiger charge is -2.05. The molecule has 0 aliphatic heterocycles. The van der Waals surface area contributed by atoms with Crippen molar-refractivity contribution >= 4 is 11.6 Å². The van der Waals surface area contributed by atoms with Crippen LogP contribution in [0.25, 0.3) is 0 Å². The van der Waals surface area contributed by atoms with Gasteiger partial charge in [-0.3, -0.25) is 4.79 Å². The van der Waals surface area contributed by atoms with Crippen LogP contribution in [0.3, 0.4) is 0 Å². The van der Waals surface area contributed by atoms with Crippen molar-refractivity contribution in [2.45, 2.75) is 6.42 Å². The summed E-state index contributed by atoms with van der Waals surface area (Å²) in [6, 6.07) is 2.97. The minimum Gasteiger partial charge on any atom is -0.348 e. The van der Waals surface area contributed by atoms with E-state index in [1.165, 1.54) is 18.6 Å². The number of amides is 1. The van der Waals surface area contributed by atoms with Crippen molar-refractivity contribution in [3.63, 3.8) is 0 Å². The normalized spacial score (nSPS) is 10.2. The van der Waals surface area contributed by atoms with Crippen molar-refractivity contribution in [2.75, 3.05) is 5.32 Å². The lowest BCUT2D eigenvalue weighted by Crippen LogP contribution is -2.15. The van der Waals surface area contributed by atoms with Gasteiger partial charge in [0.2, 0.25) is 5.91 Å². The largest absolute Gasteiger partial charge is 0.348 e. The number of aromatic amines is 1. The first kappa shape index (κ1) is 11.3. The van der Waals surface area contributed by atoms with Gasteiger partial charge in [-0.1, -0.05) is 0 Å². The number of carbonyl (C=O) groups excluding carboxylic acids is 1. The molecule has 0 spiro atoms. The fraction of sp³-hybridized carbons (Fsp3) is 0.0909. The molecule has 0 bridgehead atoms. The van der Waals surface area contributed by atoms with Crippen molar-refractivity contribution in [2.24, 2.45) is 0 Å². The lowest BCUT2D eigenvalue weighted by molar-refractivity contribution is -0.115. The molecular formula is C11H9F2N3O. The van der Waals surface area contributed by atoms with E-state index in [9.17, 15) is 13.6 Å². The summed E-state index contributed by atoms with van der Waals surface area (Å²) in [6.07, 6.45) is 3.00. The average molecular weight is 237 g/mol. The van der Waals surface area contributed by atoms with Crippen molar-refractivity contribution < 1.29 is 13.6 Å². The third kappa shape index (κ3) is 2.87. The molecule has 1 amide bonds. The molecule has 2 N–H and O–H groups in total. The molecule has 0 atom stereocenters. The summed E-state index contributed by atoms with van der Waals surface area (Å²) in [5, 5.41) is 2.35. The number of hydrogen-bond donors (Lipinski definition) is 2. The number of aromatic nitrogens is 2. The van der Waals surface area contributed by atoms with Crippen LogP contribution in [0.1, 0.15) is 5.69 Å². The monoisotopic (exact) mass is 237 g/mol. The molecule has 2 aromatic rings. The Morgan fingerprint density at radius 2 is 2.24 bits per heavy atom. The second-order valence-corrected chi connectivity index (χ2v) is 3.43. The molecule has 0 saturated heterocycles. The molecule has 88 valence electrons. The van der Waals surface area contributed by atoms with E-state index in [0.29, 0.717) is 11.8 Å². The molecule has 1 aromatic heterocycles. The number of H-pyrrole nitrogens is 1. The maximum Gasteiger partial charge on any atom is 0.230 e. The number of rotatable bonds is 3. The van der Waals surface area contributed by atoms with E-state index in [-0.39, 0.29) is 12.1 Å². The van der Waals surface area contributed by atoms with Crippen LogP contribution in [0.5, 0.6) is 0 Å². The zero-order valence-corrected chi connectivity index (χ0v) is 8.71. The van der Waals surface area contributed by atoms with Crippen LogP contribution in [-0.4, -0.2) is 15.9 Å². The predicted octanol–water partition coefficient (Wildman–Crippen LogP) is 1.87. The van der Waals surface area contributed by atoms with Gasteiger partial charge in [0.25, 0.3) is 0 Å². The molecule has 0 aliphatic carbocycles. The Morgan fingerprint density at radius 1 is 1.41 bits per heavy atom. The fourth-order valence-electron chi connectivity index (χ4n) is 1.34. The summed E-state index contributed by atoms with van der Waals surface area (Å²) in [5.74, 6) is -1.89. The summed E-state index contributed by atoms with van der Waals surface area (Å²) in [6.45, 7) is 0. The third-order valence-corrected chi connectivity index (χ3v) is 2.11. The van der Waals surface area contributed by atoms with E-state index in [1.807, 2.05) is 0 Å². The number of hydrogen-bond acceptors (Lipinski definition) is 2. The van der Waals surface area contributed by atoms with Crippen molar-refractivity contribution in [1.82, 2.24) is 9.97 Å². The first-order chi connectivity index (χ1) is 8.15. The van der Waals surface area contributed by atoms with Crippen LogP contribution in [0.4, 0.5) is 14.5 Å². The van der Waals surface area contributed by atoms with E-state index < -0.39 is 17.5 Å². The number of anilines is 1. The van der Waals surface area contributed by atoms with E-state index in [4.69, 9.17) is 0 Å². The highest BCUT2D eigenvalue weighted by atomic mass is 19.1. The number of carbonyl (C=O) groups is 1. The van der Waals surface area contributed by atoms with Crippen molar-refractivity contribution in [1.29, 1.82) is 0 Å². The van der Waals surface area contributed by atoms with Gasteiger partial charge in [-0.25, -0.2) is 13.8 Å². The first-order valence-corrected chi connectivity index (χ1v) is 4.87.